The number of alkyl halides is 6. The minimum Gasteiger partial charge on any atom is -0.493 e. The Labute approximate surface area is 259 Å². The molecule has 17 heteroatoms. The van der Waals surface area contributed by atoms with E-state index in [0.29, 0.717) is 31.7 Å². The lowest BCUT2D eigenvalue weighted by molar-refractivity contribution is -0.142. The lowest BCUT2D eigenvalue weighted by Gasteiger charge is -2.32. The van der Waals surface area contributed by atoms with Gasteiger partial charge in [-0.1, -0.05) is 6.92 Å². The molecule has 1 aromatic carbocycles. The SMILES string of the molecule is CCOc1cc(C(=O)NC(=N)/C=C(\NC)C(F)(F)F)ccc1-c1nc(C2CCCN(C(=O)CC)C2)n2c(C(F)(F)F)cnc(N)c12. The molecule has 11 nitrogen and oxygen atoms in total. The number of hydrogen-bond donors (Lipinski definition) is 4. The van der Waals surface area contributed by atoms with Crippen LogP contribution in [0.15, 0.2) is 36.2 Å². The van der Waals surface area contributed by atoms with Crippen molar-refractivity contribution in [2.75, 3.05) is 32.5 Å². The number of nitrogen functional groups attached to an aromatic ring is 1. The Morgan fingerprint density at radius 1 is 1.20 bits per heavy atom. The average molecular weight is 655 g/mol. The number of ether oxygens (including phenoxy) is 1. The van der Waals surface area contributed by atoms with Crippen LogP contribution in [-0.2, 0) is 11.0 Å². The number of rotatable bonds is 8. The Hall–Kier alpha value is -4.83. The summed E-state index contributed by atoms with van der Waals surface area (Å²) < 4.78 is 88.8. The Morgan fingerprint density at radius 2 is 1.91 bits per heavy atom. The molecule has 5 N–H and O–H groups in total. The number of halogens is 6. The van der Waals surface area contributed by atoms with Crippen molar-refractivity contribution in [2.45, 2.75) is 51.4 Å². The molecule has 0 bridgehead atoms. The highest BCUT2D eigenvalue weighted by Crippen LogP contribution is 2.41. The van der Waals surface area contributed by atoms with Crippen LogP contribution < -0.4 is 21.1 Å². The molecule has 1 aliphatic rings. The van der Waals surface area contributed by atoms with Gasteiger partial charge in [0, 0.05) is 49.7 Å². The van der Waals surface area contributed by atoms with Gasteiger partial charge in [-0.25, -0.2) is 9.97 Å². The number of anilines is 1. The van der Waals surface area contributed by atoms with Gasteiger partial charge in [-0.3, -0.25) is 19.4 Å². The fourth-order valence-electron chi connectivity index (χ4n) is 5.27. The van der Waals surface area contributed by atoms with Gasteiger partial charge in [0.1, 0.15) is 45.8 Å². The number of piperidine rings is 1. The van der Waals surface area contributed by atoms with Gasteiger partial charge in [0.15, 0.2) is 0 Å². The standard InChI is InChI=1S/C29H32F6N8O3/c1-4-22(44)42-10-6-7-16(14-42)26-41-23(24-25(37)39-13-20(43(24)26)29(33,34)35)17-9-8-15(11-18(17)46-5-2)27(45)40-21(36)12-19(38-3)28(30,31)32/h8-9,11-13,16,38H,4-7,10,14H2,1-3H3,(H2,37,39)(H2,36,40,45)/b19-12-. The minimum absolute atomic E-state index is 0.0122. The highest BCUT2D eigenvalue weighted by molar-refractivity contribution is 6.09. The summed E-state index contributed by atoms with van der Waals surface area (Å²) in [5, 5.41) is 11.8. The normalized spacial score (nSPS) is 16.0. The first-order valence-corrected chi connectivity index (χ1v) is 14.3. The molecule has 1 unspecified atom stereocenters. The maximum absolute atomic E-state index is 14.3. The van der Waals surface area contributed by atoms with Gasteiger partial charge in [-0.15, -0.1) is 0 Å². The molecule has 0 radical (unpaired) electrons. The van der Waals surface area contributed by atoms with Gasteiger partial charge < -0.3 is 26.0 Å². The number of amidine groups is 1. The van der Waals surface area contributed by atoms with Gasteiger partial charge in [0.25, 0.3) is 5.91 Å². The summed E-state index contributed by atoms with van der Waals surface area (Å²) in [6.07, 6.45) is -7.38. The van der Waals surface area contributed by atoms with Crippen LogP contribution >= 0.6 is 0 Å². The first kappa shape index (κ1) is 34.1. The maximum Gasteiger partial charge on any atom is 0.433 e. The Bertz CT molecular complexity index is 1680. The Morgan fingerprint density at radius 3 is 2.52 bits per heavy atom. The molecular weight excluding hydrogens is 622 g/mol. The molecule has 46 heavy (non-hydrogen) atoms. The third kappa shape index (κ3) is 7.02. The van der Waals surface area contributed by atoms with E-state index in [1.54, 1.807) is 18.7 Å². The van der Waals surface area contributed by atoms with Gasteiger partial charge in [0.05, 0.1) is 12.8 Å². The fraction of sp³-hybridized carbons (Fsp3) is 0.414. The number of amides is 2. The molecule has 3 aromatic rings. The minimum atomic E-state index is -4.85. The van der Waals surface area contributed by atoms with E-state index in [9.17, 15) is 35.9 Å². The third-order valence-corrected chi connectivity index (χ3v) is 7.36. The number of nitrogens with one attached hydrogen (secondary N) is 3. The number of fused-ring (bicyclic) bond motifs is 1. The second-order valence-corrected chi connectivity index (χ2v) is 10.4. The van der Waals surface area contributed by atoms with Crippen molar-refractivity contribution in [3.63, 3.8) is 0 Å². The predicted octanol–water partition coefficient (Wildman–Crippen LogP) is 4.88. The van der Waals surface area contributed by atoms with Crippen molar-refractivity contribution in [1.29, 1.82) is 5.41 Å². The molecule has 1 fully saturated rings. The average Bonchev–Trinajstić information content (AvgIpc) is 3.39. The van der Waals surface area contributed by atoms with Crippen LogP contribution in [0.25, 0.3) is 16.8 Å². The molecule has 248 valence electrons. The van der Waals surface area contributed by atoms with Crippen LogP contribution in [0.4, 0.5) is 32.2 Å². The third-order valence-electron chi connectivity index (χ3n) is 7.36. The number of aromatic nitrogens is 3. The Balaban J connectivity index is 1.84. The van der Waals surface area contributed by atoms with Crippen LogP contribution in [0, 0.1) is 5.41 Å². The maximum atomic E-state index is 14.3. The van der Waals surface area contributed by atoms with Crippen LogP contribution in [0.5, 0.6) is 5.75 Å². The van der Waals surface area contributed by atoms with Gasteiger partial charge in [-0.05, 0) is 38.0 Å². The number of carbonyl (C=O) groups excluding carboxylic acids is 2. The number of allylic oxidation sites excluding steroid dienone is 1. The molecule has 3 heterocycles. The van der Waals surface area contributed by atoms with E-state index in [2.05, 4.69) is 15.3 Å². The van der Waals surface area contributed by atoms with Crippen molar-refractivity contribution in [1.82, 2.24) is 29.9 Å². The zero-order valence-corrected chi connectivity index (χ0v) is 25.1. The Kier molecular flexibility index (Phi) is 9.82. The molecular formula is C29H32F6N8O3. The number of benzene rings is 1. The number of nitrogens with zero attached hydrogens (tertiary/aromatic N) is 4. The molecule has 1 aliphatic heterocycles. The molecule has 0 saturated carbocycles. The predicted molar refractivity (Wildman–Crippen MR) is 156 cm³/mol. The van der Waals surface area contributed by atoms with Gasteiger partial charge in [-0.2, -0.15) is 26.3 Å². The van der Waals surface area contributed by atoms with E-state index in [1.807, 2.05) is 5.32 Å². The smallest absolute Gasteiger partial charge is 0.433 e. The zero-order valence-electron chi connectivity index (χ0n) is 25.1. The van der Waals surface area contributed by atoms with Gasteiger partial charge in [0.2, 0.25) is 5.91 Å². The summed E-state index contributed by atoms with van der Waals surface area (Å²) in [7, 11) is 1.02. The summed E-state index contributed by atoms with van der Waals surface area (Å²) in [6.45, 7) is 4.00. The van der Waals surface area contributed by atoms with Crippen LogP contribution in [-0.4, -0.2) is 69.8 Å². The zero-order chi connectivity index (χ0) is 34.0. The number of likely N-dealkylation sites (tertiary alicyclic amines) is 1. The summed E-state index contributed by atoms with van der Waals surface area (Å²) >= 11 is 0. The topological polar surface area (TPSA) is 151 Å². The summed E-state index contributed by atoms with van der Waals surface area (Å²) in [5.41, 5.74) is 3.67. The molecule has 0 spiro atoms. The van der Waals surface area contributed by atoms with E-state index in [-0.39, 0.29) is 65.2 Å². The second-order valence-electron chi connectivity index (χ2n) is 10.4. The van der Waals surface area contributed by atoms with E-state index in [1.165, 1.54) is 18.2 Å². The van der Waals surface area contributed by atoms with Crippen LogP contribution in [0.2, 0.25) is 0 Å². The molecule has 1 atom stereocenters. The largest absolute Gasteiger partial charge is 0.493 e. The summed E-state index contributed by atoms with van der Waals surface area (Å²) in [5.74, 6) is -2.72. The van der Waals surface area contributed by atoms with Gasteiger partial charge >= 0.3 is 12.4 Å². The van der Waals surface area contributed by atoms with E-state index < -0.39 is 41.4 Å². The number of carbonyl (C=O) groups is 2. The van der Waals surface area contributed by atoms with Crippen molar-refractivity contribution in [2.24, 2.45) is 0 Å². The first-order valence-electron chi connectivity index (χ1n) is 14.3. The molecule has 2 amide bonds. The quantitative estimate of drug-likeness (QED) is 0.154. The number of imidazole rings is 1. The number of hydrogen-bond acceptors (Lipinski definition) is 8. The molecule has 0 aliphatic carbocycles. The summed E-state index contributed by atoms with van der Waals surface area (Å²) in [4.78, 5) is 35.4. The lowest BCUT2D eigenvalue weighted by Crippen LogP contribution is -2.39. The molecule has 1 saturated heterocycles. The monoisotopic (exact) mass is 654 g/mol. The number of nitrogens with two attached hydrogens (primary N) is 1. The summed E-state index contributed by atoms with van der Waals surface area (Å²) in [6, 6.07) is 3.85. The van der Waals surface area contributed by atoms with Crippen molar-refractivity contribution >= 4 is 29.0 Å². The highest BCUT2D eigenvalue weighted by atomic mass is 19.4. The van der Waals surface area contributed by atoms with Crippen molar-refractivity contribution < 1.29 is 40.7 Å². The van der Waals surface area contributed by atoms with Crippen molar-refractivity contribution in [3.8, 4) is 17.0 Å². The van der Waals surface area contributed by atoms with Crippen LogP contribution in [0.1, 0.15) is 60.9 Å². The van der Waals surface area contributed by atoms with E-state index >= 15 is 0 Å². The van der Waals surface area contributed by atoms with E-state index in [4.69, 9.17) is 15.9 Å². The van der Waals surface area contributed by atoms with Crippen LogP contribution in [0.3, 0.4) is 0 Å². The highest BCUT2D eigenvalue weighted by Gasteiger charge is 2.39. The first-order chi connectivity index (χ1) is 21.6. The lowest BCUT2D eigenvalue weighted by atomic mass is 9.97. The second kappa shape index (κ2) is 13.3. The molecule has 2 aromatic heterocycles. The fourth-order valence-corrected chi connectivity index (χ4v) is 5.27. The van der Waals surface area contributed by atoms with Crippen molar-refractivity contribution in [3.05, 3.63) is 53.3 Å². The molecule has 4 rings (SSSR count). The van der Waals surface area contributed by atoms with E-state index in [0.717, 1.165) is 11.4 Å².